The van der Waals surface area contributed by atoms with E-state index in [1.54, 1.807) is 7.05 Å². The van der Waals surface area contributed by atoms with Crippen molar-refractivity contribution < 1.29 is 4.74 Å². The number of aliphatic imine (C=N–C) groups is 1. The van der Waals surface area contributed by atoms with Crippen LogP contribution >= 0.6 is 24.0 Å². The van der Waals surface area contributed by atoms with E-state index in [-0.39, 0.29) is 24.0 Å². The molecule has 0 radical (unpaired) electrons. The summed E-state index contributed by atoms with van der Waals surface area (Å²) in [7, 11) is 3.79. The van der Waals surface area contributed by atoms with Crippen molar-refractivity contribution in [2.75, 3.05) is 20.2 Å². The Morgan fingerprint density at radius 3 is 2.64 bits per heavy atom. The van der Waals surface area contributed by atoms with Crippen LogP contribution in [0.25, 0.3) is 0 Å². The van der Waals surface area contributed by atoms with Gasteiger partial charge in [-0.2, -0.15) is 5.10 Å². The maximum absolute atomic E-state index is 5.99. The van der Waals surface area contributed by atoms with Gasteiger partial charge in [-0.05, 0) is 50.7 Å². The van der Waals surface area contributed by atoms with Crippen LogP contribution in [0.3, 0.4) is 0 Å². The lowest BCUT2D eigenvalue weighted by atomic mass is 10.1. The standard InChI is InChI=1S/C21H31N5O.HI/c1-15-19(16(2)26(4)25-15)11-12-23-21(22-3)24-13-18-7-5-6-8-20(18)27-14-17-9-10-17;/h5-8,17H,9-14H2,1-4H3,(H2,22,23,24);1H. The van der Waals surface area contributed by atoms with Gasteiger partial charge in [0.1, 0.15) is 5.75 Å². The summed E-state index contributed by atoms with van der Waals surface area (Å²) in [5.74, 6) is 2.51. The zero-order valence-electron chi connectivity index (χ0n) is 17.3. The number of aryl methyl sites for hydroxylation is 2. The first-order chi connectivity index (χ1) is 13.1. The number of halogens is 1. The summed E-state index contributed by atoms with van der Waals surface area (Å²) in [5.41, 5.74) is 4.78. The second kappa shape index (κ2) is 10.7. The Kier molecular flexibility index (Phi) is 8.59. The van der Waals surface area contributed by atoms with Crippen LogP contribution in [0.2, 0.25) is 0 Å². The van der Waals surface area contributed by atoms with Crippen LogP contribution in [0, 0.1) is 19.8 Å². The lowest BCUT2D eigenvalue weighted by Crippen LogP contribution is -2.38. The largest absolute Gasteiger partial charge is 0.493 e. The molecular weight excluding hydrogens is 465 g/mol. The molecule has 0 bridgehead atoms. The molecule has 0 spiro atoms. The van der Waals surface area contributed by atoms with Gasteiger partial charge in [-0.15, -0.1) is 24.0 Å². The lowest BCUT2D eigenvalue weighted by molar-refractivity contribution is 0.296. The molecular formula is C21H32IN5O. The van der Waals surface area contributed by atoms with Crippen LogP contribution in [0.15, 0.2) is 29.3 Å². The highest BCUT2D eigenvalue weighted by Gasteiger charge is 2.22. The SMILES string of the molecule is CN=C(NCCc1c(C)nn(C)c1C)NCc1ccccc1OCC1CC1.I. The normalized spacial score (nSPS) is 13.8. The first-order valence-corrected chi connectivity index (χ1v) is 9.72. The molecule has 1 aromatic carbocycles. The van der Waals surface area contributed by atoms with Gasteiger partial charge in [0.05, 0.1) is 12.3 Å². The highest BCUT2D eigenvalue weighted by Crippen LogP contribution is 2.30. The Morgan fingerprint density at radius 1 is 1.25 bits per heavy atom. The molecule has 0 amide bonds. The number of nitrogens with one attached hydrogen (secondary N) is 2. The van der Waals surface area contributed by atoms with Crippen molar-refractivity contribution in [2.24, 2.45) is 18.0 Å². The van der Waals surface area contributed by atoms with Gasteiger partial charge in [-0.1, -0.05) is 18.2 Å². The van der Waals surface area contributed by atoms with Crippen LogP contribution in [-0.4, -0.2) is 35.9 Å². The Hall–Kier alpha value is -1.77. The van der Waals surface area contributed by atoms with Gasteiger partial charge < -0.3 is 15.4 Å². The van der Waals surface area contributed by atoms with Crippen molar-refractivity contribution in [1.82, 2.24) is 20.4 Å². The number of aromatic nitrogens is 2. The highest BCUT2D eigenvalue weighted by molar-refractivity contribution is 14.0. The van der Waals surface area contributed by atoms with Crippen molar-refractivity contribution >= 4 is 29.9 Å². The second-order valence-corrected chi connectivity index (χ2v) is 7.24. The molecule has 2 N–H and O–H groups in total. The Labute approximate surface area is 185 Å². The molecule has 6 nitrogen and oxygen atoms in total. The van der Waals surface area contributed by atoms with Gasteiger partial charge in [-0.3, -0.25) is 9.67 Å². The molecule has 1 saturated carbocycles. The summed E-state index contributed by atoms with van der Waals surface area (Å²) in [6.45, 7) is 6.50. The summed E-state index contributed by atoms with van der Waals surface area (Å²) < 4.78 is 7.93. The summed E-state index contributed by atoms with van der Waals surface area (Å²) in [5, 5.41) is 11.3. The van der Waals surface area contributed by atoms with Gasteiger partial charge in [0.2, 0.25) is 0 Å². The smallest absolute Gasteiger partial charge is 0.191 e. The Balaban J connectivity index is 0.00000280. The summed E-state index contributed by atoms with van der Waals surface area (Å²) >= 11 is 0. The van der Waals surface area contributed by atoms with E-state index in [9.17, 15) is 0 Å². The van der Waals surface area contributed by atoms with E-state index in [1.807, 2.05) is 29.9 Å². The number of nitrogens with zero attached hydrogens (tertiary/aromatic N) is 3. The molecule has 0 aliphatic heterocycles. The van der Waals surface area contributed by atoms with Gasteiger partial charge >= 0.3 is 0 Å². The maximum Gasteiger partial charge on any atom is 0.191 e. The third-order valence-electron chi connectivity index (χ3n) is 5.14. The van der Waals surface area contributed by atoms with Gasteiger partial charge in [0, 0.05) is 38.4 Å². The fourth-order valence-electron chi connectivity index (χ4n) is 3.17. The Morgan fingerprint density at radius 2 is 2.00 bits per heavy atom. The van der Waals surface area contributed by atoms with Crippen LogP contribution in [0.4, 0.5) is 0 Å². The molecule has 2 aromatic rings. The number of hydrogen-bond acceptors (Lipinski definition) is 3. The van der Waals surface area contributed by atoms with E-state index in [0.29, 0.717) is 6.54 Å². The average molecular weight is 497 g/mol. The summed E-state index contributed by atoms with van der Waals surface area (Å²) in [6, 6.07) is 8.22. The third-order valence-corrected chi connectivity index (χ3v) is 5.14. The number of hydrogen-bond donors (Lipinski definition) is 2. The van der Waals surface area contributed by atoms with Crippen LogP contribution < -0.4 is 15.4 Å². The predicted octanol–water partition coefficient (Wildman–Crippen LogP) is 3.35. The average Bonchev–Trinajstić information content (AvgIpc) is 3.46. The lowest BCUT2D eigenvalue weighted by Gasteiger charge is -2.15. The summed E-state index contributed by atoms with van der Waals surface area (Å²) in [6.07, 6.45) is 3.52. The maximum atomic E-state index is 5.99. The van der Waals surface area contributed by atoms with Crippen molar-refractivity contribution in [3.8, 4) is 5.75 Å². The molecule has 1 fully saturated rings. The molecule has 0 atom stereocenters. The molecule has 1 aliphatic carbocycles. The van der Waals surface area contributed by atoms with Crippen molar-refractivity contribution in [3.63, 3.8) is 0 Å². The number of guanidine groups is 1. The molecule has 1 heterocycles. The first kappa shape index (κ1) is 22.5. The van der Waals surface area contributed by atoms with Crippen molar-refractivity contribution in [1.29, 1.82) is 0 Å². The highest BCUT2D eigenvalue weighted by atomic mass is 127. The fourth-order valence-corrected chi connectivity index (χ4v) is 3.17. The molecule has 3 rings (SSSR count). The quantitative estimate of drug-likeness (QED) is 0.334. The first-order valence-electron chi connectivity index (χ1n) is 9.72. The van der Waals surface area contributed by atoms with E-state index in [4.69, 9.17) is 4.74 Å². The Bertz CT molecular complexity index is 798. The number of ether oxygens (including phenoxy) is 1. The molecule has 154 valence electrons. The van der Waals surface area contributed by atoms with E-state index >= 15 is 0 Å². The molecule has 1 aliphatic rings. The van der Waals surface area contributed by atoms with Crippen LogP contribution in [0.1, 0.15) is 35.4 Å². The minimum atomic E-state index is 0. The molecule has 28 heavy (non-hydrogen) atoms. The second-order valence-electron chi connectivity index (χ2n) is 7.24. The monoisotopic (exact) mass is 497 g/mol. The topological polar surface area (TPSA) is 63.5 Å². The van der Waals surface area contributed by atoms with Crippen LogP contribution in [0.5, 0.6) is 5.75 Å². The minimum absolute atomic E-state index is 0. The molecule has 0 saturated heterocycles. The van der Waals surface area contributed by atoms with E-state index in [1.165, 1.54) is 24.1 Å². The summed E-state index contributed by atoms with van der Waals surface area (Å²) in [4.78, 5) is 4.33. The van der Waals surface area contributed by atoms with Gasteiger partial charge in [0.15, 0.2) is 5.96 Å². The number of benzene rings is 1. The zero-order chi connectivity index (χ0) is 19.2. The predicted molar refractivity (Wildman–Crippen MR) is 125 cm³/mol. The molecule has 7 heteroatoms. The van der Waals surface area contributed by atoms with Gasteiger partial charge in [-0.25, -0.2) is 0 Å². The molecule has 0 unspecified atom stereocenters. The van der Waals surface area contributed by atoms with Crippen molar-refractivity contribution in [3.05, 3.63) is 46.8 Å². The third kappa shape index (κ3) is 6.12. The van der Waals surface area contributed by atoms with Crippen LogP contribution in [-0.2, 0) is 20.0 Å². The number of para-hydroxylation sites is 1. The van der Waals surface area contributed by atoms with Gasteiger partial charge in [0.25, 0.3) is 0 Å². The fraction of sp³-hybridized carbons (Fsp3) is 0.524. The van der Waals surface area contributed by atoms with E-state index in [2.05, 4.69) is 40.6 Å². The van der Waals surface area contributed by atoms with Crippen molar-refractivity contribution in [2.45, 2.75) is 39.7 Å². The number of rotatable bonds is 8. The zero-order valence-corrected chi connectivity index (χ0v) is 19.6. The van der Waals surface area contributed by atoms with E-state index < -0.39 is 0 Å². The molecule has 1 aromatic heterocycles. The minimum Gasteiger partial charge on any atom is -0.493 e. The van der Waals surface area contributed by atoms with E-state index in [0.717, 1.165) is 48.5 Å².